The zero-order valence-electron chi connectivity index (χ0n) is 11.3. The van der Waals surface area contributed by atoms with Crippen molar-refractivity contribution in [1.29, 1.82) is 0 Å². The lowest BCUT2D eigenvalue weighted by molar-refractivity contribution is 0.215. The van der Waals surface area contributed by atoms with Crippen molar-refractivity contribution >= 4 is 22.6 Å². The number of benzene rings is 2. The first kappa shape index (κ1) is 13.9. The van der Waals surface area contributed by atoms with E-state index in [0.29, 0.717) is 6.54 Å². The van der Waals surface area contributed by atoms with Crippen LogP contribution in [0.15, 0.2) is 48.5 Å². The fraction of sp³-hybridized carbons (Fsp3) is 0.294. The minimum Gasteiger partial charge on any atom is -0.493 e. The Labute approximate surface area is 133 Å². The van der Waals surface area contributed by atoms with Gasteiger partial charge < -0.3 is 10.5 Å². The molecule has 104 valence electrons. The molecule has 2 N–H and O–H groups in total. The van der Waals surface area contributed by atoms with Crippen LogP contribution in [0.4, 0.5) is 0 Å². The molecule has 1 heterocycles. The van der Waals surface area contributed by atoms with Gasteiger partial charge in [-0.3, -0.25) is 0 Å². The first-order valence-corrected chi connectivity index (χ1v) is 7.98. The van der Waals surface area contributed by atoms with Gasteiger partial charge in [-0.05, 0) is 59.2 Å². The van der Waals surface area contributed by atoms with Crippen molar-refractivity contribution in [2.45, 2.75) is 18.3 Å². The maximum absolute atomic E-state index is 6.17. The number of rotatable bonds is 3. The van der Waals surface area contributed by atoms with Gasteiger partial charge in [0.05, 0.1) is 6.61 Å². The molecule has 1 aliphatic rings. The van der Waals surface area contributed by atoms with Crippen LogP contribution in [0.25, 0.3) is 0 Å². The van der Waals surface area contributed by atoms with Gasteiger partial charge in [0.15, 0.2) is 0 Å². The molecule has 0 aromatic heterocycles. The summed E-state index contributed by atoms with van der Waals surface area (Å²) >= 11 is 2.34. The Kier molecular flexibility index (Phi) is 3.98. The molecule has 1 aliphatic heterocycles. The minimum atomic E-state index is 0.00162. The number of fused-ring (bicyclic) bond motifs is 1. The fourth-order valence-corrected chi connectivity index (χ4v) is 3.34. The Morgan fingerprint density at radius 2 is 1.85 bits per heavy atom. The van der Waals surface area contributed by atoms with E-state index >= 15 is 0 Å². The zero-order chi connectivity index (χ0) is 14.0. The van der Waals surface area contributed by atoms with Crippen LogP contribution in [0, 0.1) is 3.57 Å². The van der Waals surface area contributed by atoms with E-state index in [1.807, 2.05) is 12.1 Å². The average molecular weight is 379 g/mol. The summed E-state index contributed by atoms with van der Waals surface area (Å²) in [6.45, 7) is 1.40. The first-order chi connectivity index (χ1) is 9.73. The molecule has 2 aromatic carbocycles. The van der Waals surface area contributed by atoms with Gasteiger partial charge in [-0.2, -0.15) is 0 Å². The Balaban J connectivity index is 1.98. The van der Waals surface area contributed by atoms with Gasteiger partial charge in [0.25, 0.3) is 0 Å². The highest BCUT2D eigenvalue weighted by molar-refractivity contribution is 14.1. The third-order valence-electron chi connectivity index (χ3n) is 4.14. The van der Waals surface area contributed by atoms with Crippen LogP contribution in [0.5, 0.6) is 5.75 Å². The van der Waals surface area contributed by atoms with Crippen molar-refractivity contribution in [3.05, 3.63) is 63.2 Å². The summed E-state index contributed by atoms with van der Waals surface area (Å²) in [6.07, 6.45) is 1.95. The van der Waals surface area contributed by atoms with Gasteiger partial charge in [-0.25, -0.2) is 0 Å². The second kappa shape index (κ2) is 5.74. The minimum absolute atomic E-state index is 0.00162. The molecule has 0 bridgehead atoms. The number of halogens is 1. The quantitative estimate of drug-likeness (QED) is 0.829. The molecule has 0 aliphatic carbocycles. The lowest BCUT2D eigenvalue weighted by atomic mass is 9.72. The molecule has 0 radical (unpaired) electrons. The van der Waals surface area contributed by atoms with Crippen molar-refractivity contribution in [3.8, 4) is 5.75 Å². The zero-order valence-corrected chi connectivity index (χ0v) is 13.5. The monoisotopic (exact) mass is 379 g/mol. The average Bonchev–Trinajstić information content (AvgIpc) is 2.50. The van der Waals surface area contributed by atoms with Crippen LogP contribution in [0.3, 0.4) is 0 Å². The molecule has 20 heavy (non-hydrogen) atoms. The summed E-state index contributed by atoms with van der Waals surface area (Å²) in [4.78, 5) is 0. The standard InChI is InChI=1S/C17H18INO/c18-14-7-5-13(6-8-14)11-17(12-19)9-10-20-16-4-2-1-3-15(16)17/h1-8H,9-12,19H2. The van der Waals surface area contributed by atoms with Crippen molar-refractivity contribution < 1.29 is 4.74 Å². The van der Waals surface area contributed by atoms with Crippen LogP contribution >= 0.6 is 22.6 Å². The molecule has 0 amide bonds. The SMILES string of the molecule is NCC1(Cc2ccc(I)cc2)CCOc2ccccc21. The summed E-state index contributed by atoms with van der Waals surface area (Å²) in [5, 5.41) is 0. The van der Waals surface area contributed by atoms with E-state index in [-0.39, 0.29) is 5.41 Å². The van der Waals surface area contributed by atoms with E-state index in [1.165, 1.54) is 14.7 Å². The van der Waals surface area contributed by atoms with Crippen molar-refractivity contribution in [2.24, 2.45) is 5.73 Å². The first-order valence-electron chi connectivity index (χ1n) is 6.90. The maximum atomic E-state index is 6.17. The van der Waals surface area contributed by atoms with Crippen molar-refractivity contribution in [2.75, 3.05) is 13.2 Å². The van der Waals surface area contributed by atoms with Gasteiger partial charge in [-0.15, -0.1) is 0 Å². The summed E-state index contributed by atoms with van der Waals surface area (Å²) in [7, 11) is 0. The summed E-state index contributed by atoms with van der Waals surface area (Å²) in [5.41, 5.74) is 8.77. The largest absolute Gasteiger partial charge is 0.493 e. The Morgan fingerprint density at radius 3 is 2.60 bits per heavy atom. The number of para-hydroxylation sites is 1. The molecule has 2 aromatic rings. The smallest absolute Gasteiger partial charge is 0.123 e. The van der Waals surface area contributed by atoms with E-state index in [4.69, 9.17) is 10.5 Å². The molecule has 3 rings (SSSR count). The van der Waals surface area contributed by atoms with Crippen molar-refractivity contribution in [3.63, 3.8) is 0 Å². The molecule has 1 atom stereocenters. The van der Waals surface area contributed by atoms with Crippen LogP contribution < -0.4 is 10.5 Å². The topological polar surface area (TPSA) is 35.2 Å². The van der Waals surface area contributed by atoms with Gasteiger partial charge in [0.1, 0.15) is 5.75 Å². The highest BCUT2D eigenvalue weighted by Gasteiger charge is 2.36. The second-order valence-corrected chi connectivity index (χ2v) is 6.63. The highest BCUT2D eigenvalue weighted by atomic mass is 127. The highest BCUT2D eigenvalue weighted by Crippen LogP contribution is 2.40. The van der Waals surface area contributed by atoms with E-state index in [2.05, 4.69) is 59.0 Å². The molecule has 0 saturated heterocycles. The summed E-state index contributed by atoms with van der Waals surface area (Å²) in [6, 6.07) is 17.0. The summed E-state index contributed by atoms with van der Waals surface area (Å²) in [5.74, 6) is 0.995. The summed E-state index contributed by atoms with van der Waals surface area (Å²) < 4.78 is 7.04. The Morgan fingerprint density at radius 1 is 1.10 bits per heavy atom. The van der Waals surface area contributed by atoms with Gasteiger partial charge in [0.2, 0.25) is 0 Å². The molecular weight excluding hydrogens is 361 g/mol. The predicted molar refractivity (Wildman–Crippen MR) is 90.1 cm³/mol. The lowest BCUT2D eigenvalue weighted by Crippen LogP contribution is -2.41. The second-order valence-electron chi connectivity index (χ2n) is 5.38. The van der Waals surface area contributed by atoms with E-state index in [1.54, 1.807) is 0 Å². The van der Waals surface area contributed by atoms with Crippen LogP contribution in [0.2, 0.25) is 0 Å². The van der Waals surface area contributed by atoms with Crippen LogP contribution in [-0.4, -0.2) is 13.2 Å². The van der Waals surface area contributed by atoms with Crippen LogP contribution in [-0.2, 0) is 11.8 Å². The molecule has 0 spiro atoms. The number of hydrogen-bond acceptors (Lipinski definition) is 2. The van der Waals surface area contributed by atoms with Gasteiger partial charge in [0, 0.05) is 21.1 Å². The molecule has 0 fully saturated rings. The number of hydrogen-bond donors (Lipinski definition) is 1. The van der Waals surface area contributed by atoms with E-state index in [9.17, 15) is 0 Å². The third-order valence-corrected chi connectivity index (χ3v) is 4.86. The number of ether oxygens (including phenoxy) is 1. The van der Waals surface area contributed by atoms with Gasteiger partial charge >= 0.3 is 0 Å². The third kappa shape index (κ3) is 2.56. The Bertz CT molecular complexity index is 596. The maximum Gasteiger partial charge on any atom is 0.123 e. The fourth-order valence-electron chi connectivity index (χ4n) is 2.98. The molecule has 3 heteroatoms. The normalized spacial score (nSPS) is 21.1. The Hall–Kier alpha value is -1.07. The molecule has 2 nitrogen and oxygen atoms in total. The predicted octanol–water partition coefficient (Wildman–Crippen LogP) is 3.51. The lowest BCUT2D eigenvalue weighted by Gasteiger charge is -2.38. The van der Waals surface area contributed by atoms with Gasteiger partial charge in [-0.1, -0.05) is 30.3 Å². The van der Waals surface area contributed by atoms with E-state index in [0.717, 1.165) is 25.2 Å². The van der Waals surface area contributed by atoms with Crippen LogP contribution in [0.1, 0.15) is 17.5 Å². The van der Waals surface area contributed by atoms with E-state index < -0.39 is 0 Å². The molecule has 1 unspecified atom stereocenters. The molecular formula is C17H18INO. The van der Waals surface area contributed by atoms with Crippen molar-refractivity contribution in [1.82, 2.24) is 0 Å². The molecule has 0 saturated carbocycles. The number of nitrogens with two attached hydrogens (primary N) is 1.